The highest BCUT2D eigenvalue weighted by molar-refractivity contribution is 6.31. The number of alkyl halides is 3. The van der Waals surface area contributed by atoms with Crippen LogP contribution < -0.4 is 5.32 Å². The Morgan fingerprint density at radius 2 is 2.07 bits per heavy atom. The van der Waals surface area contributed by atoms with Crippen molar-refractivity contribution in [2.75, 3.05) is 0 Å². The Morgan fingerprint density at radius 1 is 1.27 bits per heavy atom. The molecule has 30 heavy (non-hydrogen) atoms. The van der Waals surface area contributed by atoms with Crippen molar-refractivity contribution in [3.63, 3.8) is 0 Å². The number of fused-ring (bicyclic) bond motifs is 1. The zero-order chi connectivity index (χ0) is 21.7. The molecule has 2 N–H and O–H groups in total. The first kappa shape index (κ1) is 21.6. The fourth-order valence-corrected chi connectivity index (χ4v) is 2.97. The first-order valence-electron chi connectivity index (χ1n) is 8.98. The van der Waals surface area contributed by atoms with Crippen molar-refractivity contribution in [1.82, 2.24) is 20.3 Å². The number of hydrogen-bond acceptors (Lipinski definition) is 4. The van der Waals surface area contributed by atoms with E-state index in [0.29, 0.717) is 22.8 Å². The van der Waals surface area contributed by atoms with Crippen molar-refractivity contribution in [3.8, 4) is 0 Å². The highest BCUT2D eigenvalue weighted by Crippen LogP contribution is 2.27. The van der Waals surface area contributed by atoms with Gasteiger partial charge in [-0.2, -0.15) is 13.2 Å². The molecule has 0 atom stereocenters. The summed E-state index contributed by atoms with van der Waals surface area (Å²) in [7, 11) is 0. The molecule has 0 aliphatic carbocycles. The van der Waals surface area contributed by atoms with Gasteiger partial charge in [0.1, 0.15) is 17.2 Å². The lowest BCUT2D eigenvalue weighted by atomic mass is 10.1. The quantitative estimate of drug-likeness (QED) is 0.384. The Hall–Kier alpha value is -3.13. The molecule has 0 aliphatic rings. The van der Waals surface area contributed by atoms with Crippen molar-refractivity contribution >= 4 is 29.4 Å². The molecule has 0 unspecified atom stereocenters. The number of nitrogens with one attached hydrogen (secondary N) is 2. The van der Waals surface area contributed by atoms with Crippen LogP contribution in [0.2, 0.25) is 5.02 Å². The highest BCUT2D eigenvalue weighted by Gasteiger charge is 2.31. The summed E-state index contributed by atoms with van der Waals surface area (Å²) in [4.78, 5) is 14.7. The summed E-state index contributed by atoms with van der Waals surface area (Å²) < 4.78 is 37.7. The molecule has 0 saturated heterocycles. The van der Waals surface area contributed by atoms with Gasteiger partial charge in [-0.05, 0) is 49.4 Å². The summed E-state index contributed by atoms with van der Waals surface area (Å²) in [5.41, 5.74) is 2.59. The smallest absolute Gasteiger partial charge is 0.366 e. The van der Waals surface area contributed by atoms with Gasteiger partial charge in [0.05, 0.1) is 5.02 Å². The fourth-order valence-electron chi connectivity index (χ4n) is 2.82. The van der Waals surface area contributed by atoms with Crippen LogP contribution in [0.15, 0.2) is 65.3 Å². The Morgan fingerprint density at radius 3 is 2.73 bits per heavy atom. The van der Waals surface area contributed by atoms with Crippen LogP contribution in [0.3, 0.4) is 0 Å². The first-order chi connectivity index (χ1) is 14.3. The maximum Gasteiger partial charge on any atom is 0.433 e. The standard InChI is InChI=1S/C21H19ClF3N5/c1-13(7-15-11-29-20-17(15)8-16(22)12-30-20)3-6-19(26-2)28-10-14-4-5-18(27-9-14)21(23,24)25/h3-6,8-9,11-12,28H,2,7,10H2,1H3,(H,29,30)/b13-3+,19-6+. The number of allylic oxidation sites excluding steroid dienone is 3. The number of H-pyrrole nitrogens is 1. The molecule has 0 aromatic carbocycles. The van der Waals surface area contributed by atoms with Crippen LogP contribution in [-0.2, 0) is 19.1 Å². The van der Waals surface area contributed by atoms with Gasteiger partial charge in [-0.1, -0.05) is 29.3 Å². The summed E-state index contributed by atoms with van der Waals surface area (Å²) in [6, 6.07) is 4.20. The topological polar surface area (TPSA) is 66.0 Å². The van der Waals surface area contributed by atoms with E-state index in [1.807, 2.05) is 25.3 Å². The molecule has 5 nitrogen and oxygen atoms in total. The molecule has 0 saturated carbocycles. The average molecular weight is 434 g/mol. The van der Waals surface area contributed by atoms with Gasteiger partial charge >= 0.3 is 6.18 Å². The minimum absolute atomic E-state index is 0.273. The normalized spacial score (nSPS) is 13.0. The first-order valence-corrected chi connectivity index (χ1v) is 9.35. The van der Waals surface area contributed by atoms with E-state index in [9.17, 15) is 13.2 Å². The zero-order valence-electron chi connectivity index (χ0n) is 16.1. The summed E-state index contributed by atoms with van der Waals surface area (Å²) in [5.74, 6) is 0.498. The van der Waals surface area contributed by atoms with Crippen molar-refractivity contribution < 1.29 is 13.2 Å². The summed E-state index contributed by atoms with van der Waals surface area (Å²) >= 11 is 6.03. The van der Waals surface area contributed by atoms with Gasteiger partial charge in [-0.15, -0.1) is 0 Å². The largest absolute Gasteiger partial charge is 0.433 e. The fraction of sp³-hybridized carbons (Fsp3) is 0.190. The second-order valence-electron chi connectivity index (χ2n) is 6.67. The Kier molecular flexibility index (Phi) is 6.56. The zero-order valence-corrected chi connectivity index (χ0v) is 16.8. The number of aromatic amines is 1. The van der Waals surface area contributed by atoms with E-state index in [1.54, 1.807) is 12.3 Å². The molecule has 0 fully saturated rings. The van der Waals surface area contributed by atoms with Gasteiger partial charge in [0.25, 0.3) is 0 Å². The van der Waals surface area contributed by atoms with Crippen LogP contribution >= 0.6 is 11.6 Å². The van der Waals surface area contributed by atoms with Gasteiger partial charge in [-0.25, -0.2) is 9.98 Å². The lowest BCUT2D eigenvalue weighted by molar-refractivity contribution is -0.141. The van der Waals surface area contributed by atoms with Crippen LogP contribution in [0.5, 0.6) is 0 Å². The van der Waals surface area contributed by atoms with E-state index in [4.69, 9.17) is 11.6 Å². The highest BCUT2D eigenvalue weighted by atomic mass is 35.5. The minimum Gasteiger partial charge on any atom is -0.366 e. The SMILES string of the molecule is C=N/C(=C\C=C(/C)Cc1c[nH]c2ncc(Cl)cc12)NCc1ccc(C(F)(F)F)nc1. The summed E-state index contributed by atoms with van der Waals surface area (Å²) in [5, 5.41) is 4.57. The predicted molar refractivity (Wildman–Crippen MR) is 112 cm³/mol. The van der Waals surface area contributed by atoms with Crippen LogP contribution in [0, 0.1) is 0 Å². The Balaban J connectivity index is 1.64. The van der Waals surface area contributed by atoms with E-state index in [0.717, 1.165) is 28.2 Å². The van der Waals surface area contributed by atoms with E-state index in [2.05, 4.69) is 32.0 Å². The van der Waals surface area contributed by atoms with Crippen LogP contribution in [0.4, 0.5) is 13.2 Å². The summed E-state index contributed by atoms with van der Waals surface area (Å²) in [6.45, 7) is 5.77. The third-order valence-electron chi connectivity index (χ3n) is 4.34. The third kappa shape index (κ3) is 5.48. The van der Waals surface area contributed by atoms with Gasteiger partial charge in [0.2, 0.25) is 0 Å². The molecular weight excluding hydrogens is 415 g/mol. The van der Waals surface area contributed by atoms with Crippen molar-refractivity contribution in [2.24, 2.45) is 4.99 Å². The van der Waals surface area contributed by atoms with E-state index in [-0.39, 0.29) is 6.54 Å². The van der Waals surface area contributed by atoms with Crippen molar-refractivity contribution in [1.29, 1.82) is 0 Å². The average Bonchev–Trinajstić information content (AvgIpc) is 3.09. The van der Waals surface area contributed by atoms with E-state index in [1.165, 1.54) is 12.3 Å². The molecule has 0 aliphatic heterocycles. The lowest BCUT2D eigenvalue weighted by Gasteiger charge is -2.08. The molecule has 0 bridgehead atoms. The molecule has 0 amide bonds. The maximum atomic E-state index is 12.6. The second kappa shape index (κ2) is 9.13. The van der Waals surface area contributed by atoms with Gasteiger partial charge in [-0.3, -0.25) is 4.98 Å². The monoisotopic (exact) mass is 433 g/mol. The molecule has 9 heteroatoms. The molecule has 3 heterocycles. The maximum absolute atomic E-state index is 12.6. The van der Waals surface area contributed by atoms with Gasteiger partial charge in [0, 0.05) is 30.5 Å². The predicted octanol–water partition coefficient (Wildman–Crippen LogP) is 5.45. The van der Waals surface area contributed by atoms with E-state index < -0.39 is 11.9 Å². The molecular formula is C21H19ClF3N5. The second-order valence-corrected chi connectivity index (χ2v) is 7.10. The number of pyridine rings is 2. The minimum atomic E-state index is -4.45. The lowest BCUT2D eigenvalue weighted by Crippen LogP contribution is -2.13. The number of rotatable bonds is 7. The van der Waals surface area contributed by atoms with Crippen LogP contribution in [0.25, 0.3) is 11.0 Å². The van der Waals surface area contributed by atoms with Crippen LogP contribution in [-0.4, -0.2) is 21.7 Å². The Labute approximate surface area is 176 Å². The molecule has 0 radical (unpaired) electrons. The molecule has 156 valence electrons. The number of aliphatic imine (C=N–C) groups is 1. The molecule has 0 spiro atoms. The molecule has 3 aromatic rings. The third-order valence-corrected chi connectivity index (χ3v) is 4.54. The molecule has 3 rings (SSSR count). The molecule has 3 aromatic heterocycles. The number of nitrogens with zero attached hydrogens (tertiary/aromatic N) is 3. The number of halogens is 4. The number of aromatic nitrogens is 3. The van der Waals surface area contributed by atoms with Crippen LogP contribution in [0.1, 0.15) is 23.7 Å². The van der Waals surface area contributed by atoms with Crippen molar-refractivity contribution in [3.05, 3.63) is 82.2 Å². The van der Waals surface area contributed by atoms with Crippen molar-refractivity contribution in [2.45, 2.75) is 26.1 Å². The Bertz CT molecular complexity index is 1100. The summed E-state index contributed by atoms with van der Waals surface area (Å²) in [6.07, 6.45) is 4.58. The van der Waals surface area contributed by atoms with E-state index >= 15 is 0 Å². The van der Waals surface area contributed by atoms with Gasteiger partial charge < -0.3 is 10.3 Å². The van der Waals surface area contributed by atoms with Gasteiger partial charge in [0.15, 0.2) is 0 Å². The number of hydrogen-bond donors (Lipinski definition) is 2.